The molecule has 158 valence electrons. The van der Waals surface area contributed by atoms with Gasteiger partial charge < -0.3 is 19.7 Å². The van der Waals surface area contributed by atoms with Crippen LogP contribution < -0.4 is 15.0 Å². The van der Waals surface area contributed by atoms with Gasteiger partial charge in [-0.05, 0) is 23.8 Å². The van der Waals surface area contributed by atoms with Gasteiger partial charge >= 0.3 is 6.18 Å². The quantitative estimate of drug-likeness (QED) is 0.600. The molecule has 0 aromatic heterocycles. The fourth-order valence-corrected chi connectivity index (χ4v) is 3.46. The number of fused-ring (bicyclic) bond motifs is 1. The van der Waals surface area contributed by atoms with Crippen molar-refractivity contribution in [1.29, 1.82) is 0 Å². The fourth-order valence-electron chi connectivity index (χ4n) is 3.46. The summed E-state index contributed by atoms with van der Waals surface area (Å²) in [5.41, 5.74) is 0.164. The van der Waals surface area contributed by atoms with Crippen molar-refractivity contribution in [1.82, 2.24) is 0 Å². The Bertz CT molecular complexity index is 994. The third-order valence-corrected chi connectivity index (χ3v) is 4.92. The molecule has 1 amide bonds. The highest BCUT2D eigenvalue weighted by Crippen LogP contribution is 2.41. The van der Waals surface area contributed by atoms with Crippen LogP contribution in [0.25, 0.3) is 0 Å². The van der Waals surface area contributed by atoms with Gasteiger partial charge in [-0.1, -0.05) is 12.1 Å². The molecule has 0 radical (unpaired) electrons. The number of amides is 1. The van der Waals surface area contributed by atoms with E-state index in [1.807, 2.05) is 0 Å². The summed E-state index contributed by atoms with van der Waals surface area (Å²) in [7, 11) is 0. The third kappa shape index (κ3) is 3.88. The topological polar surface area (TPSA) is 93.9 Å². The van der Waals surface area contributed by atoms with E-state index in [9.17, 15) is 28.1 Å². The van der Waals surface area contributed by atoms with Gasteiger partial charge in [-0.3, -0.25) is 14.9 Å². The van der Waals surface area contributed by atoms with Crippen LogP contribution in [0.15, 0.2) is 36.4 Å². The van der Waals surface area contributed by atoms with E-state index in [2.05, 4.69) is 5.32 Å². The second kappa shape index (κ2) is 7.48. The summed E-state index contributed by atoms with van der Waals surface area (Å²) < 4.78 is 49.3. The molecule has 2 aromatic carbocycles. The number of benzene rings is 2. The van der Waals surface area contributed by atoms with Crippen molar-refractivity contribution in [3.63, 3.8) is 0 Å². The first kappa shape index (κ1) is 20.0. The van der Waals surface area contributed by atoms with Crippen LogP contribution in [0, 0.1) is 10.1 Å². The van der Waals surface area contributed by atoms with Crippen molar-refractivity contribution in [3.8, 4) is 5.75 Å². The number of halogens is 3. The second-order valence-corrected chi connectivity index (χ2v) is 6.86. The van der Waals surface area contributed by atoms with E-state index in [4.69, 9.17) is 9.47 Å². The number of hydrogen-bond donors (Lipinski definition) is 1. The number of carbonyl (C=O) groups excluding carboxylic acids is 1. The number of carbonyl (C=O) groups is 1. The normalized spacial score (nSPS) is 19.0. The molecule has 4 rings (SSSR count). The maximum atomic E-state index is 12.8. The standard InChI is InChI=1S/C19H16F3N3O5/c20-19(21,22)12-3-1-11(2-4-12)17-9-24(5-6-29-17)14-7-13-16(8-15(14)25(27)28)30-10-18(26)23-13/h1-4,7-8,17H,5-6,9-10H2,(H,23,26). The summed E-state index contributed by atoms with van der Waals surface area (Å²) in [6.07, 6.45) is -5.00. The molecule has 0 aliphatic carbocycles. The Morgan fingerprint density at radius 3 is 2.60 bits per heavy atom. The molecule has 8 nitrogen and oxygen atoms in total. The van der Waals surface area contributed by atoms with Crippen molar-refractivity contribution >= 4 is 23.0 Å². The van der Waals surface area contributed by atoms with Gasteiger partial charge in [-0.2, -0.15) is 13.2 Å². The van der Waals surface area contributed by atoms with E-state index < -0.39 is 22.8 Å². The lowest BCUT2D eigenvalue weighted by atomic mass is 10.0. The number of morpholine rings is 1. The summed E-state index contributed by atoms with van der Waals surface area (Å²) >= 11 is 0. The molecular weight excluding hydrogens is 407 g/mol. The lowest BCUT2D eigenvalue weighted by Gasteiger charge is -2.35. The Labute approximate surface area is 168 Å². The van der Waals surface area contributed by atoms with Crippen LogP contribution >= 0.6 is 0 Å². The van der Waals surface area contributed by atoms with Crippen molar-refractivity contribution in [2.45, 2.75) is 12.3 Å². The monoisotopic (exact) mass is 423 g/mol. The van der Waals surface area contributed by atoms with Crippen LogP contribution in [0.1, 0.15) is 17.2 Å². The predicted octanol–water partition coefficient (Wildman–Crippen LogP) is 3.52. The van der Waals surface area contributed by atoms with Gasteiger partial charge in [0.2, 0.25) is 0 Å². The highest BCUT2D eigenvalue weighted by atomic mass is 19.4. The van der Waals surface area contributed by atoms with Crippen molar-refractivity contribution in [2.24, 2.45) is 0 Å². The van der Waals surface area contributed by atoms with Crippen molar-refractivity contribution < 1.29 is 32.4 Å². The van der Waals surface area contributed by atoms with Crippen LogP contribution in [-0.4, -0.2) is 37.1 Å². The van der Waals surface area contributed by atoms with Gasteiger partial charge in [0.1, 0.15) is 11.8 Å². The smallest absolute Gasteiger partial charge is 0.416 e. The summed E-state index contributed by atoms with van der Waals surface area (Å²) in [4.78, 5) is 24.3. The molecule has 1 fully saturated rings. The Hall–Kier alpha value is -3.34. The molecule has 0 saturated carbocycles. The lowest BCUT2D eigenvalue weighted by Crippen LogP contribution is -2.39. The number of nitrogens with one attached hydrogen (secondary N) is 1. The van der Waals surface area contributed by atoms with Crippen LogP contribution in [0.4, 0.5) is 30.2 Å². The van der Waals surface area contributed by atoms with Gasteiger partial charge in [-0.25, -0.2) is 0 Å². The first-order valence-electron chi connectivity index (χ1n) is 9.01. The van der Waals surface area contributed by atoms with E-state index >= 15 is 0 Å². The average molecular weight is 423 g/mol. The number of alkyl halides is 3. The number of nitrogens with zero attached hydrogens (tertiary/aromatic N) is 2. The lowest BCUT2D eigenvalue weighted by molar-refractivity contribution is -0.384. The SMILES string of the molecule is O=C1COc2cc([N+](=O)[O-])c(N3CCOC(c4ccc(C(F)(F)F)cc4)C3)cc2N1. The Morgan fingerprint density at radius 2 is 1.93 bits per heavy atom. The first-order valence-corrected chi connectivity index (χ1v) is 9.01. The minimum atomic E-state index is -4.44. The average Bonchev–Trinajstić information content (AvgIpc) is 2.72. The van der Waals surface area contributed by atoms with E-state index in [1.54, 1.807) is 4.90 Å². The van der Waals surface area contributed by atoms with Gasteiger partial charge in [0.25, 0.3) is 11.6 Å². The van der Waals surface area contributed by atoms with Crippen LogP contribution in [0.2, 0.25) is 0 Å². The number of ether oxygens (including phenoxy) is 2. The molecule has 11 heteroatoms. The zero-order valence-corrected chi connectivity index (χ0v) is 15.4. The minimum absolute atomic E-state index is 0.194. The van der Waals surface area contributed by atoms with Gasteiger partial charge in [0.05, 0.1) is 28.8 Å². The maximum absolute atomic E-state index is 12.8. The Morgan fingerprint density at radius 1 is 1.20 bits per heavy atom. The van der Waals surface area contributed by atoms with Crippen LogP contribution in [-0.2, 0) is 15.7 Å². The molecular formula is C19H16F3N3O5. The number of rotatable bonds is 3. The molecule has 2 aliphatic heterocycles. The van der Waals surface area contributed by atoms with Crippen molar-refractivity contribution in [3.05, 3.63) is 57.6 Å². The predicted molar refractivity (Wildman–Crippen MR) is 99.6 cm³/mol. The highest BCUT2D eigenvalue weighted by Gasteiger charge is 2.32. The summed E-state index contributed by atoms with van der Waals surface area (Å²) in [5.74, 6) is -0.162. The molecule has 1 atom stereocenters. The van der Waals surface area contributed by atoms with E-state index in [-0.39, 0.29) is 42.8 Å². The Kier molecular flexibility index (Phi) is 4.98. The summed E-state index contributed by atoms with van der Waals surface area (Å²) in [5, 5.41) is 14.2. The molecule has 2 aliphatic rings. The van der Waals surface area contributed by atoms with Crippen molar-refractivity contribution in [2.75, 3.05) is 36.5 Å². The molecule has 1 N–H and O–H groups in total. The van der Waals surface area contributed by atoms with Gasteiger partial charge in [0.15, 0.2) is 12.4 Å². The van der Waals surface area contributed by atoms with Gasteiger partial charge in [0, 0.05) is 13.1 Å². The summed E-state index contributed by atoms with van der Waals surface area (Å²) in [6, 6.07) is 7.36. The number of anilines is 2. The zero-order chi connectivity index (χ0) is 21.5. The summed E-state index contributed by atoms with van der Waals surface area (Å²) in [6.45, 7) is 0.533. The third-order valence-electron chi connectivity index (χ3n) is 4.92. The largest absolute Gasteiger partial charge is 0.481 e. The molecule has 1 unspecified atom stereocenters. The van der Waals surface area contributed by atoms with Gasteiger partial charge in [-0.15, -0.1) is 0 Å². The van der Waals surface area contributed by atoms with Crippen LogP contribution in [0.5, 0.6) is 5.75 Å². The molecule has 2 aromatic rings. The first-order chi connectivity index (χ1) is 14.2. The van der Waals surface area contributed by atoms with E-state index in [0.717, 1.165) is 12.1 Å². The van der Waals surface area contributed by atoms with E-state index in [0.29, 0.717) is 17.8 Å². The number of hydrogen-bond acceptors (Lipinski definition) is 6. The fraction of sp³-hybridized carbons (Fsp3) is 0.316. The minimum Gasteiger partial charge on any atom is -0.481 e. The highest BCUT2D eigenvalue weighted by molar-refractivity contribution is 5.97. The number of nitro benzene ring substituents is 1. The Balaban J connectivity index is 1.62. The molecule has 0 bridgehead atoms. The second-order valence-electron chi connectivity index (χ2n) is 6.86. The maximum Gasteiger partial charge on any atom is 0.416 e. The van der Waals surface area contributed by atoms with Crippen LogP contribution in [0.3, 0.4) is 0 Å². The number of nitro groups is 1. The molecule has 0 spiro atoms. The molecule has 2 heterocycles. The van der Waals surface area contributed by atoms with E-state index in [1.165, 1.54) is 24.3 Å². The molecule has 30 heavy (non-hydrogen) atoms. The zero-order valence-electron chi connectivity index (χ0n) is 15.4. The molecule has 1 saturated heterocycles.